The van der Waals surface area contributed by atoms with Crippen molar-refractivity contribution in [3.8, 4) is 0 Å². The molecule has 5 heteroatoms. The summed E-state index contributed by atoms with van der Waals surface area (Å²) in [5, 5.41) is 2.57. The van der Waals surface area contributed by atoms with Gasteiger partial charge in [0.1, 0.15) is 12.4 Å². The van der Waals surface area contributed by atoms with E-state index in [-0.39, 0.29) is 18.2 Å². The lowest BCUT2D eigenvalue weighted by atomic mass is 10.2. The Kier molecular flexibility index (Phi) is 4.90. The number of hydrogen-bond acceptors (Lipinski definition) is 3. The molecule has 0 fully saturated rings. The van der Waals surface area contributed by atoms with E-state index in [1.165, 1.54) is 18.2 Å². The van der Waals surface area contributed by atoms with Crippen molar-refractivity contribution >= 4 is 17.3 Å². The number of halogens is 1. The fourth-order valence-corrected chi connectivity index (χ4v) is 1.21. The van der Waals surface area contributed by atoms with Gasteiger partial charge in [0, 0.05) is 12.3 Å². The van der Waals surface area contributed by atoms with E-state index in [0.29, 0.717) is 18.2 Å². The molecule has 0 spiro atoms. The van der Waals surface area contributed by atoms with Crippen molar-refractivity contribution in [1.29, 1.82) is 0 Å². The molecular weight excluding hydrogens is 223 g/mol. The minimum atomic E-state index is -0.501. The summed E-state index contributed by atoms with van der Waals surface area (Å²) < 4.78 is 18.0. The summed E-state index contributed by atoms with van der Waals surface area (Å²) >= 11 is 0. The Labute approximate surface area is 100.0 Å². The maximum Gasteiger partial charge on any atom is 0.250 e. The zero-order valence-electron chi connectivity index (χ0n) is 10.00. The van der Waals surface area contributed by atoms with Crippen LogP contribution in [0.4, 0.5) is 15.8 Å². The number of amides is 1. The third-order valence-corrected chi connectivity index (χ3v) is 1.96. The molecule has 3 N–H and O–H groups in total. The maximum atomic E-state index is 12.9. The number of hydrogen-bond donors (Lipinski definition) is 2. The molecule has 0 aliphatic heterocycles. The Bertz CT molecular complexity index is 394. The van der Waals surface area contributed by atoms with E-state index in [9.17, 15) is 9.18 Å². The standard InChI is InChI=1S/C12H17FN2O2/c1-8(2)6-17-7-12(16)15-9-3-4-10(13)11(14)5-9/h3-5,8H,6-7,14H2,1-2H3,(H,15,16). The first-order chi connectivity index (χ1) is 7.99. The maximum absolute atomic E-state index is 12.9. The highest BCUT2D eigenvalue weighted by atomic mass is 19.1. The van der Waals surface area contributed by atoms with Crippen LogP contribution in [0.5, 0.6) is 0 Å². The quantitative estimate of drug-likeness (QED) is 0.774. The predicted molar refractivity (Wildman–Crippen MR) is 65.1 cm³/mol. The van der Waals surface area contributed by atoms with Gasteiger partial charge in [-0.05, 0) is 24.1 Å². The minimum absolute atomic E-state index is 0.00546. The van der Waals surface area contributed by atoms with Crippen molar-refractivity contribution in [3.05, 3.63) is 24.0 Å². The largest absolute Gasteiger partial charge is 0.396 e. The summed E-state index contributed by atoms with van der Waals surface area (Å²) in [7, 11) is 0. The van der Waals surface area contributed by atoms with Crippen LogP contribution in [0.25, 0.3) is 0 Å². The van der Waals surface area contributed by atoms with Crippen LogP contribution in [-0.4, -0.2) is 19.1 Å². The summed E-state index contributed by atoms with van der Waals surface area (Å²) in [4.78, 5) is 11.4. The molecule has 1 rings (SSSR count). The lowest BCUT2D eigenvalue weighted by Gasteiger charge is -2.08. The third kappa shape index (κ3) is 4.82. The van der Waals surface area contributed by atoms with Gasteiger partial charge >= 0.3 is 0 Å². The van der Waals surface area contributed by atoms with Gasteiger partial charge in [-0.15, -0.1) is 0 Å². The molecule has 94 valence electrons. The zero-order valence-corrected chi connectivity index (χ0v) is 10.00. The summed E-state index contributed by atoms with van der Waals surface area (Å²) in [6.45, 7) is 4.51. The van der Waals surface area contributed by atoms with Crippen LogP contribution in [0, 0.1) is 11.7 Å². The lowest BCUT2D eigenvalue weighted by Crippen LogP contribution is -2.19. The molecular formula is C12H17FN2O2. The van der Waals surface area contributed by atoms with Crippen LogP contribution < -0.4 is 11.1 Å². The highest BCUT2D eigenvalue weighted by Crippen LogP contribution is 2.16. The number of nitrogens with one attached hydrogen (secondary N) is 1. The van der Waals surface area contributed by atoms with Crippen LogP contribution in [0.2, 0.25) is 0 Å². The summed E-state index contributed by atoms with van der Waals surface area (Å²) in [5.41, 5.74) is 5.84. The van der Waals surface area contributed by atoms with Crippen LogP contribution in [-0.2, 0) is 9.53 Å². The van der Waals surface area contributed by atoms with E-state index in [4.69, 9.17) is 10.5 Å². The van der Waals surface area contributed by atoms with Crippen molar-refractivity contribution in [2.75, 3.05) is 24.3 Å². The first-order valence-corrected chi connectivity index (χ1v) is 5.41. The van der Waals surface area contributed by atoms with E-state index < -0.39 is 5.82 Å². The molecule has 0 aromatic heterocycles. The van der Waals surface area contributed by atoms with Gasteiger partial charge in [-0.25, -0.2) is 4.39 Å². The summed E-state index contributed by atoms with van der Waals surface area (Å²) in [6, 6.07) is 4.03. The molecule has 0 heterocycles. The van der Waals surface area contributed by atoms with Crippen molar-refractivity contribution in [1.82, 2.24) is 0 Å². The number of ether oxygens (including phenoxy) is 1. The van der Waals surface area contributed by atoms with Gasteiger partial charge in [-0.1, -0.05) is 13.8 Å². The van der Waals surface area contributed by atoms with Gasteiger partial charge in [0.2, 0.25) is 5.91 Å². The molecule has 0 saturated carbocycles. The van der Waals surface area contributed by atoms with E-state index in [0.717, 1.165) is 0 Å². The molecule has 0 saturated heterocycles. The Balaban J connectivity index is 2.42. The number of anilines is 2. The molecule has 17 heavy (non-hydrogen) atoms. The van der Waals surface area contributed by atoms with Crippen LogP contribution in [0.1, 0.15) is 13.8 Å². The van der Waals surface area contributed by atoms with E-state index in [1.54, 1.807) is 0 Å². The molecule has 0 aliphatic carbocycles. The molecule has 4 nitrogen and oxygen atoms in total. The summed E-state index contributed by atoms with van der Waals surface area (Å²) in [5.74, 6) is -0.403. The second-order valence-corrected chi connectivity index (χ2v) is 4.19. The monoisotopic (exact) mass is 240 g/mol. The van der Waals surface area contributed by atoms with E-state index in [2.05, 4.69) is 5.32 Å². The minimum Gasteiger partial charge on any atom is -0.396 e. The number of carbonyl (C=O) groups is 1. The van der Waals surface area contributed by atoms with E-state index >= 15 is 0 Å². The van der Waals surface area contributed by atoms with Crippen molar-refractivity contribution in [2.24, 2.45) is 5.92 Å². The van der Waals surface area contributed by atoms with E-state index in [1.807, 2.05) is 13.8 Å². The average Bonchev–Trinajstić information content (AvgIpc) is 2.23. The van der Waals surface area contributed by atoms with Gasteiger partial charge < -0.3 is 15.8 Å². The average molecular weight is 240 g/mol. The van der Waals surface area contributed by atoms with Crippen molar-refractivity contribution in [2.45, 2.75) is 13.8 Å². The summed E-state index contributed by atoms with van der Waals surface area (Å²) in [6.07, 6.45) is 0. The Morgan fingerprint density at radius 3 is 2.82 bits per heavy atom. The fourth-order valence-electron chi connectivity index (χ4n) is 1.21. The Hall–Kier alpha value is -1.62. The smallest absolute Gasteiger partial charge is 0.250 e. The van der Waals surface area contributed by atoms with Crippen molar-refractivity contribution < 1.29 is 13.9 Å². The number of nitrogens with two attached hydrogens (primary N) is 1. The third-order valence-electron chi connectivity index (χ3n) is 1.96. The molecule has 0 radical (unpaired) electrons. The topological polar surface area (TPSA) is 64.3 Å². The van der Waals surface area contributed by atoms with Gasteiger partial charge in [0.25, 0.3) is 0 Å². The molecule has 0 atom stereocenters. The molecule has 0 unspecified atom stereocenters. The number of rotatable bonds is 5. The molecule has 0 aliphatic rings. The lowest BCUT2D eigenvalue weighted by molar-refractivity contribution is -0.120. The zero-order chi connectivity index (χ0) is 12.8. The SMILES string of the molecule is CC(C)COCC(=O)Nc1ccc(F)c(N)c1. The first kappa shape index (κ1) is 13.4. The van der Waals surface area contributed by atoms with Gasteiger partial charge in [-0.2, -0.15) is 0 Å². The van der Waals surface area contributed by atoms with Gasteiger partial charge in [0.15, 0.2) is 0 Å². The van der Waals surface area contributed by atoms with Crippen LogP contribution >= 0.6 is 0 Å². The normalized spacial score (nSPS) is 10.6. The molecule has 1 aromatic rings. The second kappa shape index (κ2) is 6.20. The highest BCUT2D eigenvalue weighted by Gasteiger charge is 2.05. The number of benzene rings is 1. The fraction of sp³-hybridized carbons (Fsp3) is 0.417. The Morgan fingerprint density at radius 1 is 1.53 bits per heavy atom. The number of carbonyl (C=O) groups excluding carboxylic acids is 1. The molecule has 0 bridgehead atoms. The highest BCUT2D eigenvalue weighted by molar-refractivity contribution is 5.92. The first-order valence-electron chi connectivity index (χ1n) is 5.41. The second-order valence-electron chi connectivity index (χ2n) is 4.19. The van der Waals surface area contributed by atoms with Gasteiger partial charge in [0.05, 0.1) is 5.69 Å². The number of nitrogen functional groups attached to an aromatic ring is 1. The van der Waals surface area contributed by atoms with Crippen LogP contribution in [0.3, 0.4) is 0 Å². The molecule has 1 aromatic carbocycles. The Morgan fingerprint density at radius 2 is 2.24 bits per heavy atom. The van der Waals surface area contributed by atoms with Crippen molar-refractivity contribution in [3.63, 3.8) is 0 Å². The molecule has 1 amide bonds. The van der Waals surface area contributed by atoms with Gasteiger partial charge in [-0.3, -0.25) is 4.79 Å². The van der Waals surface area contributed by atoms with Crippen LogP contribution in [0.15, 0.2) is 18.2 Å². The predicted octanol–water partition coefficient (Wildman–Crippen LogP) is 2.02.